The van der Waals surface area contributed by atoms with Crippen LogP contribution in [0.5, 0.6) is 0 Å². The van der Waals surface area contributed by atoms with E-state index in [4.69, 9.17) is 0 Å². The largest absolute Gasteiger partial charge is 0.480 e. The van der Waals surface area contributed by atoms with Crippen LogP contribution in [0.1, 0.15) is 39.0 Å². The Labute approximate surface area is 111 Å². The zero-order chi connectivity index (χ0) is 13.1. The highest BCUT2D eigenvalue weighted by Crippen LogP contribution is 2.32. The third-order valence-electron chi connectivity index (χ3n) is 3.58. The molecule has 2 rings (SSSR count). The summed E-state index contributed by atoms with van der Waals surface area (Å²) in [6, 6.07) is -0.623. The van der Waals surface area contributed by atoms with E-state index >= 15 is 0 Å². The topological polar surface area (TPSA) is 69.6 Å². The molecule has 2 amide bonds. The molecule has 0 aromatic heterocycles. The number of hydrogen-bond donors (Lipinski definition) is 2. The summed E-state index contributed by atoms with van der Waals surface area (Å²) in [7, 11) is 0. The Kier molecular flexibility index (Phi) is 4.37. The molecule has 0 radical (unpaired) electrons. The Balaban J connectivity index is 2.01. The van der Waals surface area contributed by atoms with Crippen LogP contribution in [0.4, 0.5) is 4.79 Å². The quantitative estimate of drug-likeness (QED) is 0.820. The van der Waals surface area contributed by atoms with Crippen LogP contribution in [0.15, 0.2) is 0 Å². The predicted octanol–water partition coefficient (Wildman–Crippen LogP) is 1.88. The maximum absolute atomic E-state index is 12.2. The van der Waals surface area contributed by atoms with Gasteiger partial charge in [0.1, 0.15) is 6.04 Å². The van der Waals surface area contributed by atoms with Gasteiger partial charge in [-0.15, -0.1) is 11.8 Å². The lowest BCUT2D eigenvalue weighted by Gasteiger charge is -2.32. The molecule has 2 aliphatic rings. The van der Waals surface area contributed by atoms with E-state index in [9.17, 15) is 14.7 Å². The van der Waals surface area contributed by atoms with Crippen LogP contribution in [0.2, 0.25) is 0 Å². The summed E-state index contributed by atoms with van der Waals surface area (Å²) in [6.45, 7) is 2.05. The van der Waals surface area contributed by atoms with Crippen LogP contribution in [0.3, 0.4) is 0 Å². The third-order valence-corrected chi connectivity index (χ3v) is 4.94. The Morgan fingerprint density at radius 3 is 2.67 bits per heavy atom. The molecule has 102 valence electrons. The molecule has 1 aliphatic heterocycles. The van der Waals surface area contributed by atoms with E-state index in [1.807, 2.05) is 0 Å². The highest BCUT2D eigenvalue weighted by atomic mass is 32.2. The van der Waals surface area contributed by atoms with Gasteiger partial charge in [-0.3, -0.25) is 4.90 Å². The van der Waals surface area contributed by atoms with Crippen molar-refractivity contribution >= 4 is 23.8 Å². The summed E-state index contributed by atoms with van der Waals surface area (Å²) >= 11 is 1.58. The summed E-state index contributed by atoms with van der Waals surface area (Å²) in [4.78, 5) is 24.9. The number of aliphatic carboxylic acids is 1. The molecule has 0 spiro atoms. The lowest BCUT2D eigenvalue weighted by Crippen LogP contribution is -2.53. The molecular weight excluding hydrogens is 252 g/mol. The van der Waals surface area contributed by atoms with Crippen molar-refractivity contribution < 1.29 is 14.7 Å². The Bertz CT molecular complexity index is 333. The number of amides is 2. The highest BCUT2D eigenvalue weighted by molar-refractivity contribution is 8.00. The molecule has 1 saturated heterocycles. The zero-order valence-corrected chi connectivity index (χ0v) is 11.4. The number of carbonyl (C=O) groups is 2. The van der Waals surface area contributed by atoms with E-state index in [1.54, 1.807) is 11.8 Å². The highest BCUT2D eigenvalue weighted by Gasteiger charge is 2.41. The first-order valence-corrected chi connectivity index (χ1v) is 7.61. The van der Waals surface area contributed by atoms with Crippen molar-refractivity contribution in [1.29, 1.82) is 0 Å². The number of urea groups is 1. The van der Waals surface area contributed by atoms with Gasteiger partial charge in [-0.2, -0.15) is 0 Å². The van der Waals surface area contributed by atoms with E-state index in [-0.39, 0.29) is 17.4 Å². The lowest BCUT2D eigenvalue weighted by molar-refractivity contribution is -0.141. The van der Waals surface area contributed by atoms with Crippen molar-refractivity contribution in [1.82, 2.24) is 10.2 Å². The molecule has 1 aliphatic carbocycles. The molecular formula is C12H20N2O3S. The molecule has 0 aromatic rings. The summed E-state index contributed by atoms with van der Waals surface area (Å²) in [5.74, 6) is -0.400. The van der Waals surface area contributed by atoms with Crippen molar-refractivity contribution in [3.8, 4) is 0 Å². The first-order valence-electron chi connectivity index (χ1n) is 6.56. The van der Waals surface area contributed by atoms with Gasteiger partial charge >= 0.3 is 12.0 Å². The number of nitrogens with one attached hydrogen (secondary N) is 1. The molecule has 1 saturated carbocycles. The fraction of sp³-hybridized carbons (Fsp3) is 0.833. The standard InChI is InChI=1S/C12H20N2O3S/c1-2-4-10-14(9(7-18-10)11(15)16)12(17)13-8-5-3-6-8/h8-10H,2-7H2,1H3,(H,13,17)(H,15,16). The van der Waals surface area contributed by atoms with Crippen LogP contribution in [0, 0.1) is 0 Å². The maximum Gasteiger partial charge on any atom is 0.327 e. The number of hydrogen-bond acceptors (Lipinski definition) is 3. The summed E-state index contributed by atoms with van der Waals surface area (Å²) in [6.07, 6.45) is 5.00. The summed E-state index contributed by atoms with van der Waals surface area (Å²) in [5.41, 5.74) is 0. The van der Waals surface area contributed by atoms with Crippen LogP contribution >= 0.6 is 11.8 Å². The minimum atomic E-state index is -0.898. The normalized spacial score (nSPS) is 27.9. The van der Waals surface area contributed by atoms with Crippen molar-refractivity contribution in [3.63, 3.8) is 0 Å². The molecule has 2 unspecified atom stereocenters. The second kappa shape index (κ2) is 5.82. The molecule has 1 heterocycles. The number of thioether (sulfide) groups is 1. The Hall–Kier alpha value is -0.910. The zero-order valence-electron chi connectivity index (χ0n) is 10.6. The van der Waals surface area contributed by atoms with Crippen LogP contribution in [-0.4, -0.2) is 45.2 Å². The molecule has 5 nitrogen and oxygen atoms in total. The predicted molar refractivity (Wildman–Crippen MR) is 70.6 cm³/mol. The molecule has 0 bridgehead atoms. The third kappa shape index (κ3) is 2.74. The van der Waals surface area contributed by atoms with E-state index in [2.05, 4.69) is 12.2 Å². The van der Waals surface area contributed by atoms with Gasteiger partial charge in [-0.25, -0.2) is 9.59 Å². The SMILES string of the molecule is CCCC1SCC(C(=O)O)N1C(=O)NC1CCC1. The number of rotatable bonds is 4. The van der Waals surface area contributed by atoms with Gasteiger partial charge in [0.25, 0.3) is 0 Å². The van der Waals surface area contributed by atoms with Crippen LogP contribution in [0.25, 0.3) is 0 Å². The van der Waals surface area contributed by atoms with Crippen molar-refractivity contribution in [2.24, 2.45) is 0 Å². The van der Waals surface area contributed by atoms with E-state index in [0.29, 0.717) is 5.75 Å². The lowest BCUT2D eigenvalue weighted by atomic mass is 9.93. The second-order valence-corrected chi connectivity index (χ2v) is 6.13. The summed E-state index contributed by atoms with van der Waals surface area (Å²) < 4.78 is 0. The Morgan fingerprint density at radius 2 is 2.17 bits per heavy atom. The first-order chi connectivity index (χ1) is 8.63. The van der Waals surface area contributed by atoms with Gasteiger partial charge in [0.15, 0.2) is 0 Å². The molecule has 18 heavy (non-hydrogen) atoms. The average molecular weight is 272 g/mol. The van der Waals surface area contributed by atoms with E-state index in [0.717, 1.165) is 32.1 Å². The van der Waals surface area contributed by atoms with Crippen LogP contribution < -0.4 is 5.32 Å². The molecule has 0 aromatic carbocycles. The molecule has 2 N–H and O–H groups in total. The van der Waals surface area contributed by atoms with Gasteiger partial charge < -0.3 is 10.4 Å². The fourth-order valence-corrected chi connectivity index (χ4v) is 3.81. The average Bonchev–Trinajstić information content (AvgIpc) is 2.67. The van der Waals surface area contributed by atoms with Gasteiger partial charge in [-0.05, 0) is 25.7 Å². The minimum Gasteiger partial charge on any atom is -0.480 e. The molecule has 2 atom stereocenters. The maximum atomic E-state index is 12.2. The first kappa shape index (κ1) is 13.5. The van der Waals surface area contributed by atoms with E-state index in [1.165, 1.54) is 4.90 Å². The summed E-state index contributed by atoms with van der Waals surface area (Å²) in [5, 5.41) is 12.1. The molecule has 2 fully saturated rings. The fourth-order valence-electron chi connectivity index (χ4n) is 2.30. The minimum absolute atomic E-state index is 0.0103. The van der Waals surface area contributed by atoms with Crippen molar-refractivity contribution in [2.45, 2.75) is 56.5 Å². The number of carboxylic acid groups (broad SMARTS) is 1. The van der Waals surface area contributed by atoms with Gasteiger partial charge in [0, 0.05) is 11.8 Å². The van der Waals surface area contributed by atoms with E-state index < -0.39 is 12.0 Å². The number of carbonyl (C=O) groups excluding carboxylic acids is 1. The monoisotopic (exact) mass is 272 g/mol. The molecule has 6 heteroatoms. The van der Waals surface area contributed by atoms with Crippen LogP contribution in [-0.2, 0) is 4.79 Å². The van der Waals surface area contributed by atoms with Gasteiger partial charge in [-0.1, -0.05) is 13.3 Å². The Morgan fingerprint density at radius 1 is 1.44 bits per heavy atom. The number of nitrogens with zero attached hydrogens (tertiary/aromatic N) is 1. The number of carboxylic acids is 1. The van der Waals surface area contributed by atoms with Gasteiger partial charge in [0.05, 0.1) is 5.37 Å². The van der Waals surface area contributed by atoms with Gasteiger partial charge in [0.2, 0.25) is 0 Å². The second-order valence-electron chi connectivity index (χ2n) is 4.92. The smallest absolute Gasteiger partial charge is 0.327 e. The van der Waals surface area contributed by atoms with Crippen molar-refractivity contribution in [3.05, 3.63) is 0 Å². The van der Waals surface area contributed by atoms with Crippen molar-refractivity contribution in [2.75, 3.05) is 5.75 Å².